The van der Waals surface area contributed by atoms with Gasteiger partial charge in [0.25, 0.3) is 5.91 Å². The fourth-order valence-electron chi connectivity index (χ4n) is 3.84. The zero-order valence-corrected chi connectivity index (χ0v) is 19.1. The quantitative estimate of drug-likeness (QED) is 0.504. The number of carbonyl (C=O) groups is 1. The highest BCUT2D eigenvalue weighted by Gasteiger charge is 2.44. The molecule has 0 atom stereocenters. The maximum absolute atomic E-state index is 13.1. The largest absolute Gasteiger partial charge is 0.490 e. The molecule has 5 rings (SSSR count). The number of nitrogens with zero attached hydrogens (tertiary/aromatic N) is 5. The van der Waals surface area contributed by atoms with Crippen LogP contribution in [0.1, 0.15) is 41.4 Å². The van der Waals surface area contributed by atoms with Gasteiger partial charge >= 0.3 is 6.18 Å². The van der Waals surface area contributed by atoms with Gasteiger partial charge in [-0.3, -0.25) is 19.1 Å². The van der Waals surface area contributed by atoms with Gasteiger partial charge in [-0.05, 0) is 31.0 Å². The number of alkyl halides is 3. The van der Waals surface area contributed by atoms with Crippen molar-refractivity contribution in [2.75, 3.05) is 17.3 Å². The van der Waals surface area contributed by atoms with Crippen LogP contribution in [0.3, 0.4) is 0 Å². The minimum Gasteiger partial charge on any atom is -0.490 e. The van der Waals surface area contributed by atoms with Gasteiger partial charge < -0.3 is 4.74 Å². The molecule has 1 saturated carbocycles. The predicted molar refractivity (Wildman–Crippen MR) is 115 cm³/mol. The number of nitriles is 1. The van der Waals surface area contributed by atoms with Crippen LogP contribution in [0.15, 0.2) is 35.6 Å². The SMILES string of the molecule is CCS(=O)(=O)c1c(N2Cc3ncc(C(F)(F)F)cc3C2=O)nc2ccc(OCC3(C#N)CC3)cn12. The zero-order valence-electron chi connectivity index (χ0n) is 18.3. The fourth-order valence-corrected chi connectivity index (χ4v) is 4.99. The number of carbonyl (C=O) groups excluding carboxylic acids is 1. The summed E-state index contributed by atoms with van der Waals surface area (Å²) in [7, 11) is -3.95. The molecule has 4 heterocycles. The summed E-state index contributed by atoms with van der Waals surface area (Å²) >= 11 is 0. The third kappa shape index (κ3) is 3.87. The molecule has 0 N–H and O–H groups in total. The van der Waals surface area contributed by atoms with Crippen LogP contribution < -0.4 is 9.64 Å². The van der Waals surface area contributed by atoms with Gasteiger partial charge in [0, 0.05) is 6.20 Å². The molecule has 3 aromatic heterocycles. The Hall–Kier alpha value is -3.66. The van der Waals surface area contributed by atoms with Crippen molar-refractivity contribution < 1.29 is 31.1 Å². The number of aromatic nitrogens is 3. The summed E-state index contributed by atoms with van der Waals surface area (Å²) in [6, 6.07) is 6.00. The first kappa shape index (κ1) is 23.1. The summed E-state index contributed by atoms with van der Waals surface area (Å²) in [6.45, 7) is 1.36. The molecule has 182 valence electrons. The maximum Gasteiger partial charge on any atom is 0.417 e. The van der Waals surface area contributed by atoms with Gasteiger partial charge in [-0.1, -0.05) is 6.92 Å². The van der Waals surface area contributed by atoms with Crippen LogP contribution in [-0.2, 0) is 22.6 Å². The molecule has 1 amide bonds. The van der Waals surface area contributed by atoms with Crippen molar-refractivity contribution in [1.29, 1.82) is 5.26 Å². The molecular weight excluding hydrogens is 487 g/mol. The van der Waals surface area contributed by atoms with E-state index in [9.17, 15) is 31.6 Å². The van der Waals surface area contributed by atoms with Gasteiger partial charge in [0.05, 0.1) is 46.8 Å². The summed E-state index contributed by atoms with van der Waals surface area (Å²) in [5.74, 6) is -1.02. The van der Waals surface area contributed by atoms with E-state index >= 15 is 0 Å². The van der Waals surface area contributed by atoms with Crippen molar-refractivity contribution in [3.63, 3.8) is 0 Å². The Morgan fingerprint density at radius 2 is 2.03 bits per heavy atom. The van der Waals surface area contributed by atoms with E-state index in [0.717, 1.165) is 17.7 Å². The molecule has 3 aromatic rings. The first-order valence-corrected chi connectivity index (χ1v) is 12.3. The second-order valence-corrected chi connectivity index (χ2v) is 10.7. The molecule has 0 aromatic carbocycles. The number of anilines is 1. The van der Waals surface area contributed by atoms with Gasteiger partial charge in [0.1, 0.15) is 18.0 Å². The van der Waals surface area contributed by atoms with E-state index in [1.807, 2.05) is 0 Å². The Labute approximate surface area is 197 Å². The smallest absolute Gasteiger partial charge is 0.417 e. The maximum atomic E-state index is 13.1. The number of sulfone groups is 1. The van der Waals surface area contributed by atoms with Crippen molar-refractivity contribution in [3.05, 3.63) is 47.4 Å². The molecule has 1 fully saturated rings. The Balaban J connectivity index is 1.57. The lowest BCUT2D eigenvalue weighted by Crippen LogP contribution is -2.26. The topological polar surface area (TPSA) is 118 Å². The zero-order chi connectivity index (χ0) is 25.2. The Bertz CT molecular complexity index is 1520. The van der Waals surface area contributed by atoms with Gasteiger partial charge in [0.15, 0.2) is 20.7 Å². The van der Waals surface area contributed by atoms with Crippen molar-refractivity contribution in [3.8, 4) is 11.8 Å². The van der Waals surface area contributed by atoms with E-state index in [1.54, 1.807) is 6.07 Å². The molecule has 0 spiro atoms. The van der Waals surface area contributed by atoms with Crippen molar-refractivity contribution in [1.82, 2.24) is 14.4 Å². The third-order valence-electron chi connectivity index (χ3n) is 6.15. The second-order valence-electron chi connectivity index (χ2n) is 8.53. The van der Waals surface area contributed by atoms with Gasteiger partial charge in [-0.2, -0.15) is 18.4 Å². The molecular formula is C22H18F3N5O4S. The molecule has 0 radical (unpaired) electrons. The third-order valence-corrected chi connectivity index (χ3v) is 7.88. The normalized spacial score (nSPS) is 16.9. The number of imidazole rings is 1. The minimum absolute atomic E-state index is 0.0927. The predicted octanol–water partition coefficient (Wildman–Crippen LogP) is 3.38. The standard InChI is InChI=1S/C22H18F3N5O4S/c1-2-35(32,33)20-18(30-10-16-15(19(30)31)7-13(8-27-16)22(23,24)25)28-17-4-3-14(9-29(17)20)34-12-21(11-26)5-6-21/h3-4,7-9H,2,5-6,10,12H2,1H3. The monoisotopic (exact) mass is 505 g/mol. The highest BCUT2D eigenvalue weighted by molar-refractivity contribution is 7.91. The van der Waals surface area contributed by atoms with E-state index in [4.69, 9.17) is 4.74 Å². The molecule has 35 heavy (non-hydrogen) atoms. The summed E-state index contributed by atoms with van der Waals surface area (Å²) < 4.78 is 72.5. The molecule has 2 aliphatic rings. The van der Waals surface area contributed by atoms with Gasteiger partial charge in [-0.25, -0.2) is 13.4 Å². The number of hydrogen-bond acceptors (Lipinski definition) is 7. The fraction of sp³-hybridized carbons (Fsp3) is 0.364. The summed E-state index contributed by atoms with van der Waals surface area (Å²) in [5.41, 5.74) is -1.57. The average Bonchev–Trinajstić information content (AvgIpc) is 3.40. The lowest BCUT2D eigenvalue weighted by Gasteiger charge is -2.15. The molecule has 1 aliphatic heterocycles. The van der Waals surface area contributed by atoms with Crippen molar-refractivity contribution in [2.24, 2.45) is 5.41 Å². The first-order chi connectivity index (χ1) is 16.5. The molecule has 0 bridgehead atoms. The Morgan fingerprint density at radius 3 is 2.66 bits per heavy atom. The Kier molecular flexibility index (Phi) is 5.06. The summed E-state index contributed by atoms with van der Waals surface area (Å²) in [4.78, 5) is 22.2. The molecule has 0 unspecified atom stereocenters. The number of halogens is 3. The van der Waals surface area contributed by atoms with Crippen LogP contribution in [0.5, 0.6) is 5.75 Å². The molecule has 1 aliphatic carbocycles. The Morgan fingerprint density at radius 1 is 1.29 bits per heavy atom. The van der Waals surface area contributed by atoms with E-state index in [1.165, 1.54) is 23.6 Å². The number of pyridine rings is 2. The first-order valence-electron chi connectivity index (χ1n) is 10.6. The van der Waals surface area contributed by atoms with Crippen LogP contribution in [0.2, 0.25) is 0 Å². The molecule has 13 heteroatoms. The highest BCUT2D eigenvalue weighted by Crippen LogP contribution is 2.45. The van der Waals surface area contributed by atoms with E-state index in [-0.39, 0.29) is 46.7 Å². The van der Waals surface area contributed by atoms with Gasteiger partial charge in [0.2, 0.25) is 0 Å². The van der Waals surface area contributed by atoms with Crippen LogP contribution in [0.4, 0.5) is 19.0 Å². The number of hydrogen-bond donors (Lipinski definition) is 0. The lowest BCUT2D eigenvalue weighted by atomic mass is 10.1. The van der Waals surface area contributed by atoms with Crippen LogP contribution in [0.25, 0.3) is 5.65 Å². The molecule has 0 saturated heterocycles. The highest BCUT2D eigenvalue weighted by atomic mass is 32.2. The molecule has 9 nitrogen and oxygen atoms in total. The average molecular weight is 505 g/mol. The van der Waals surface area contributed by atoms with E-state index in [2.05, 4.69) is 16.0 Å². The number of ether oxygens (including phenoxy) is 1. The van der Waals surface area contributed by atoms with E-state index < -0.39 is 32.9 Å². The van der Waals surface area contributed by atoms with Crippen molar-refractivity contribution in [2.45, 2.75) is 37.5 Å². The minimum atomic E-state index is -4.68. The van der Waals surface area contributed by atoms with E-state index in [0.29, 0.717) is 18.0 Å². The van der Waals surface area contributed by atoms with Crippen LogP contribution in [0, 0.1) is 16.7 Å². The lowest BCUT2D eigenvalue weighted by molar-refractivity contribution is -0.137. The number of amides is 1. The van der Waals surface area contributed by atoms with Crippen molar-refractivity contribution >= 4 is 27.2 Å². The summed E-state index contributed by atoms with van der Waals surface area (Å²) in [5, 5.41) is 8.97. The second kappa shape index (κ2) is 7.67. The number of fused-ring (bicyclic) bond motifs is 2. The van der Waals surface area contributed by atoms with Crippen LogP contribution >= 0.6 is 0 Å². The number of rotatable bonds is 6. The van der Waals surface area contributed by atoms with Gasteiger partial charge in [-0.15, -0.1) is 0 Å². The summed E-state index contributed by atoms with van der Waals surface area (Å²) in [6.07, 6.45) is -1.19. The van der Waals surface area contributed by atoms with Crippen LogP contribution in [-0.4, -0.2) is 41.1 Å².